The summed E-state index contributed by atoms with van der Waals surface area (Å²) in [6, 6.07) is 1.15. The van der Waals surface area contributed by atoms with Gasteiger partial charge in [0.25, 0.3) is 0 Å². The minimum absolute atomic E-state index is 0.0165. The predicted molar refractivity (Wildman–Crippen MR) is 92.3 cm³/mol. The summed E-state index contributed by atoms with van der Waals surface area (Å²) < 4.78 is 5.05. The molecule has 3 rings (SSSR count). The first-order valence-electron chi connectivity index (χ1n) is 9.81. The zero-order valence-corrected chi connectivity index (χ0v) is 14.8. The Bertz CT molecular complexity index is 376. The van der Waals surface area contributed by atoms with Gasteiger partial charge in [-0.1, -0.05) is 32.1 Å². The largest absolute Gasteiger partial charge is 0.469 e. The zero-order chi connectivity index (χ0) is 16.1. The van der Waals surface area contributed by atoms with Crippen molar-refractivity contribution in [2.45, 2.75) is 76.3 Å². The smallest absolute Gasteiger partial charge is 0.310 e. The number of carbonyl (C=O) groups excluding carboxylic acids is 1. The standard InChI is InChI=1S/C19H34N2O2/c1-23-19(22)16-11-17(20-12-15-7-3-2-4-8-15)14-21(13-16)18-9-5-6-10-18/h15-18,20H,2-14H2,1H3. The van der Waals surface area contributed by atoms with Gasteiger partial charge in [0.05, 0.1) is 13.0 Å². The topological polar surface area (TPSA) is 41.6 Å². The molecule has 3 aliphatic rings. The normalized spacial score (nSPS) is 31.3. The molecule has 2 unspecified atom stereocenters. The zero-order valence-electron chi connectivity index (χ0n) is 14.8. The van der Waals surface area contributed by atoms with Crippen LogP contribution in [0.3, 0.4) is 0 Å². The van der Waals surface area contributed by atoms with Gasteiger partial charge in [0, 0.05) is 25.2 Å². The molecule has 1 N–H and O–H groups in total. The fourth-order valence-electron chi connectivity index (χ4n) is 4.91. The molecule has 0 radical (unpaired) electrons. The SMILES string of the molecule is COC(=O)C1CC(NCC2CCCCC2)CN(C2CCCC2)C1. The first-order chi connectivity index (χ1) is 11.3. The van der Waals surface area contributed by atoms with Crippen molar-refractivity contribution < 1.29 is 9.53 Å². The molecule has 1 heterocycles. The number of piperidine rings is 1. The van der Waals surface area contributed by atoms with Gasteiger partial charge in [0.15, 0.2) is 0 Å². The monoisotopic (exact) mass is 322 g/mol. The number of rotatable bonds is 5. The van der Waals surface area contributed by atoms with E-state index in [1.807, 2.05) is 0 Å². The van der Waals surface area contributed by atoms with Gasteiger partial charge in [-0.3, -0.25) is 9.69 Å². The molecule has 4 heteroatoms. The summed E-state index contributed by atoms with van der Waals surface area (Å²) in [5.41, 5.74) is 0. The van der Waals surface area contributed by atoms with Crippen LogP contribution < -0.4 is 5.32 Å². The maximum absolute atomic E-state index is 12.1. The summed E-state index contributed by atoms with van der Waals surface area (Å²) in [5.74, 6) is 0.887. The molecular weight excluding hydrogens is 288 g/mol. The van der Waals surface area contributed by atoms with E-state index in [1.165, 1.54) is 64.9 Å². The predicted octanol–water partition coefficient (Wildman–Crippen LogP) is 2.96. The lowest BCUT2D eigenvalue weighted by Gasteiger charge is -2.40. The molecule has 0 bridgehead atoms. The van der Waals surface area contributed by atoms with E-state index in [0.29, 0.717) is 12.1 Å². The number of likely N-dealkylation sites (tertiary alicyclic amines) is 1. The van der Waals surface area contributed by atoms with Crippen LogP contribution in [0.15, 0.2) is 0 Å². The molecule has 2 atom stereocenters. The first kappa shape index (κ1) is 17.2. The molecule has 1 saturated heterocycles. The summed E-state index contributed by atoms with van der Waals surface area (Å²) in [6.07, 6.45) is 13.2. The van der Waals surface area contributed by atoms with Crippen molar-refractivity contribution in [3.05, 3.63) is 0 Å². The minimum atomic E-state index is -0.0165. The Kier molecular flexibility index (Phi) is 6.35. The van der Waals surface area contributed by atoms with E-state index in [9.17, 15) is 4.79 Å². The van der Waals surface area contributed by atoms with Crippen molar-refractivity contribution in [2.75, 3.05) is 26.7 Å². The van der Waals surface area contributed by atoms with Gasteiger partial charge in [0.1, 0.15) is 0 Å². The number of esters is 1. The highest BCUT2D eigenvalue weighted by Gasteiger charge is 2.36. The number of carbonyl (C=O) groups is 1. The van der Waals surface area contributed by atoms with Crippen LogP contribution in [0.1, 0.15) is 64.2 Å². The second kappa shape index (κ2) is 8.48. The molecule has 4 nitrogen and oxygen atoms in total. The molecule has 132 valence electrons. The summed E-state index contributed by atoms with van der Waals surface area (Å²) >= 11 is 0. The van der Waals surface area contributed by atoms with Crippen molar-refractivity contribution in [1.29, 1.82) is 0 Å². The second-order valence-corrected chi connectivity index (χ2v) is 7.96. The van der Waals surface area contributed by atoms with Gasteiger partial charge in [-0.25, -0.2) is 0 Å². The lowest BCUT2D eigenvalue weighted by molar-refractivity contribution is -0.148. The van der Waals surface area contributed by atoms with Gasteiger partial charge in [0.2, 0.25) is 0 Å². The van der Waals surface area contributed by atoms with Crippen LogP contribution in [0, 0.1) is 11.8 Å². The van der Waals surface area contributed by atoms with E-state index in [-0.39, 0.29) is 11.9 Å². The highest BCUT2D eigenvalue weighted by atomic mass is 16.5. The highest BCUT2D eigenvalue weighted by molar-refractivity contribution is 5.72. The molecule has 0 aromatic rings. The maximum Gasteiger partial charge on any atom is 0.310 e. The third-order valence-electron chi connectivity index (χ3n) is 6.27. The Hall–Kier alpha value is -0.610. The van der Waals surface area contributed by atoms with Gasteiger partial charge in [-0.2, -0.15) is 0 Å². The van der Waals surface area contributed by atoms with Crippen LogP contribution in [0.2, 0.25) is 0 Å². The molecule has 23 heavy (non-hydrogen) atoms. The van der Waals surface area contributed by atoms with Crippen molar-refractivity contribution in [3.8, 4) is 0 Å². The Labute approximate surface area is 141 Å². The van der Waals surface area contributed by atoms with Crippen molar-refractivity contribution in [3.63, 3.8) is 0 Å². The van der Waals surface area contributed by atoms with E-state index in [4.69, 9.17) is 4.74 Å². The van der Waals surface area contributed by atoms with E-state index < -0.39 is 0 Å². The van der Waals surface area contributed by atoms with Crippen LogP contribution in [0.4, 0.5) is 0 Å². The van der Waals surface area contributed by atoms with E-state index in [2.05, 4.69) is 10.2 Å². The van der Waals surface area contributed by atoms with Gasteiger partial charge >= 0.3 is 5.97 Å². The number of nitrogens with one attached hydrogen (secondary N) is 1. The van der Waals surface area contributed by atoms with Crippen LogP contribution in [-0.2, 0) is 9.53 Å². The van der Waals surface area contributed by atoms with Gasteiger partial charge in [-0.15, -0.1) is 0 Å². The molecular formula is C19H34N2O2. The highest BCUT2D eigenvalue weighted by Crippen LogP contribution is 2.29. The number of hydrogen-bond acceptors (Lipinski definition) is 4. The quantitative estimate of drug-likeness (QED) is 0.790. The molecule has 3 fully saturated rings. The van der Waals surface area contributed by atoms with Crippen LogP contribution >= 0.6 is 0 Å². The summed E-state index contributed by atoms with van der Waals surface area (Å²) in [7, 11) is 1.53. The molecule has 0 aromatic heterocycles. The Morgan fingerprint density at radius 2 is 1.74 bits per heavy atom. The Morgan fingerprint density at radius 3 is 2.43 bits per heavy atom. The summed E-state index contributed by atoms with van der Waals surface area (Å²) in [4.78, 5) is 14.7. The Balaban J connectivity index is 1.55. The summed E-state index contributed by atoms with van der Waals surface area (Å²) in [5, 5.41) is 3.80. The van der Waals surface area contributed by atoms with Crippen molar-refractivity contribution in [1.82, 2.24) is 10.2 Å². The van der Waals surface area contributed by atoms with E-state index >= 15 is 0 Å². The fourth-order valence-corrected chi connectivity index (χ4v) is 4.91. The minimum Gasteiger partial charge on any atom is -0.469 e. The molecule has 0 amide bonds. The lowest BCUT2D eigenvalue weighted by Crippen LogP contribution is -2.54. The molecule has 0 aromatic carbocycles. The van der Waals surface area contributed by atoms with Crippen LogP contribution in [0.5, 0.6) is 0 Å². The number of hydrogen-bond donors (Lipinski definition) is 1. The van der Waals surface area contributed by atoms with Crippen molar-refractivity contribution in [2.24, 2.45) is 11.8 Å². The third kappa shape index (κ3) is 4.69. The van der Waals surface area contributed by atoms with Crippen LogP contribution in [-0.4, -0.2) is 49.7 Å². The second-order valence-electron chi connectivity index (χ2n) is 7.96. The van der Waals surface area contributed by atoms with Crippen molar-refractivity contribution >= 4 is 5.97 Å². The lowest BCUT2D eigenvalue weighted by atomic mass is 9.88. The number of methoxy groups -OCH3 is 1. The fraction of sp³-hybridized carbons (Fsp3) is 0.947. The van der Waals surface area contributed by atoms with E-state index in [0.717, 1.165) is 32.0 Å². The number of nitrogens with zero attached hydrogens (tertiary/aromatic N) is 1. The van der Waals surface area contributed by atoms with E-state index in [1.54, 1.807) is 0 Å². The van der Waals surface area contributed by atoms with Gasteiger partial charge < -0.3 is 10.1 Å². The first-order valence-corrected chi connectivity index (χ1v) is 9.81. The Morgan fingerprint density at radius 1 is 1.04 bits per heavy atom. The number of ether oxygens (including phenoxy) is 1. The molecule has 1 aliphatic heterocycles. The average molecular weight is 322 g/mol. The molecule has 0 spiro atoms. The maximum atomic E-state index is 12.1. The third-order valence-corrected chi connectivity index (χ3v) is 6.27. The molecule has 2 aliphatic carbocycles. The van der Waals surface area contributed by atoms with Gasteiger partial charge in [-0.05, 0) is 44.6 Å². The summed E-state index contributed by atoms with van der Waals surface area (Å²) in [6.45, 7) is 3.15. The molecule has 2 saturated carbocycles. The average Bonchev–Trinajstić information content (AvgIpc) is 3.14. The van der Waals surface area contributed by atoms with Crippen LogP contribution in [0.25, 0.3) is 0 Å².